The summed E-state index contributed by atoms with van der Waals surface area (Å²) < 4.78 is 5.20. The van der Waals surface area contributed by atoms with Gasteiger partial charge in [0.2, 0.25) is 0 Å². The second kappa shape index (κ2) is 6.34. The molecule has 1 saturated heterocycles. The number of rotatable bonds is 5. The molecule has 18 heavy (non-hydrogen) atoms. The zero-order valence-corrected chi connectivity index (χ0v) is 11.7. The van der Waals surface area contributed by atoms with Gasteiger partial charge in [-0.15, -0.1) is 0 Å². The summed E-state index contributed by atoms with van der Waals surface area (Å²) in [6, 6.07) is 3.20. The third-order valence-corrected chi connectivity index (χ3v) is 4.21. The van der Waals surface area contributed by atoms with Crippen LogP contribution >= 0.6 is 0 Å². The molecule has 2 rings (SSSR count). The minimum Gasteiger partial charge on any atom is -0.360 e. The van der Waals surface area contributed by atoms with Crippen LogP contribution < -0.4 is 5.32 Å². The van der Waals surface area contributed by atoms with Crippen LogP contribution in [-0.4, -0.2) is 35.2 Å². The van der Waals surface area contributed by atoms with Crippen molar-refractivity contribution < 1.29 is 4.52 Å². The molecule has 0 bridgehead atoms. The molecule has 0 aliphatic carbocycles. The molecule has 102 valence electrons. The number of nitrogens with one attached hydrogen (secondary N) is 1. The highest BCUT2D eigenvalue weighted by Gasteiger charge is 2.32. The Kier molecular flexibility index (Phi) is 4.78. The Morgan fingerprint density at radius 2 is 2.33 bits per heavy atom. The average Bonchev–Trinajstić information content (AvgIpc) is 2.87. The van der Waals surface area contributed by atoms with Gasteiger partial charge in [-0.3, -0.25) is 4.90 Å². The van der Waals surface area contributed by atoms with Crippen molar-refractivity contribution in [1.82, 2.24) is 15.4 Å². The topological polar surface area (TPSA) is 41.3 Å². The normalized spacial score (nSPS) is 29.6. The lowest BCUT2D eigenvalue weighted by Gasteiger charge is -2.42. The zero-order chi connectivity index (χ0) is 13.0. The molecule has 0 aromatic carbocycles. The van der Waals surface area contributed by atoms with E-state index in [1.54, 1.807) is 6.20 Å². The molecule has 0 radical (unpaired) electrons. The van der Waals surface area contributed by atoms with E-state index in [4.69, 9.17) is 4.52 Å². The van der Waals surface area contributed by atoms with Gasteiger partial charge in [-0.25, -0.2) is 0 Å². The third kappa shape index (κ3) is 3.12. The van der Waals surface area contributed by atoms with E-state index < -0.39 is 0 Å². The Labute approximate surface area is 110 Å². The largest absolute Gasteiger partial charge is 0.360 e. The third-order valence-electron chi connectivity index (χ3n) is 4.21. The Balaban J connectivity index is 1.89. The van der Waals surface area contributed by atoms with Gasteiger partial charge in [0.05, 0.1) is 12.7 Å². The molecule has 0 amide bonds. The Morgan fingerprint density at radius 1 is 1.50 bits per heavy atom. The van der Waals surface area contributed by atoms with Crippen LogP contribution in [0.2, 0.25) is 0 Å². The molecule has 0 saturated carbocycles. The van der Waals surface area contributed by atoms with Gasteiger partial charge in [0.25, 0.3) is 0 Å². The molecular weight excluding hydrogens is 226 g/mol. The first kappa shape index (κ1) is 13.6. The molecule has 4 nitrogen and oxygen atoms in total. The van der Waals surface area contributed by atoms with E-state index in [1.165, 1.54) is 12.8 Å². The van der Waals surface area contributed by atoms with Crippen LogP contribution in [0.1, 0.15) is 39.4 Å². The van der Waals surface area contributed by atoms with Crippen LogP contribution in [0, 0.1) is 5.92 Å². The summed E-state index contributed by atoms with van der Waals surface area (Å²) in [6.45, 7) is 10.0. The number of aromatic nitrogens is 1. The van der Waals surface area contributed by atoms with E-state index in [0.29, 0.717) is 18.0 Å². The molecule has 1 fully saturated rings. The minimum atomic E-state index is 0.582. The summed E-state index contributed by atoms with van der Waals surface area (Å²) >= 11 is 0. The maximum Gasteiger partial charge on any atom is 0.150 e. The lowest BCUT2D eigenvalue weighted by molar-refractivity contribution is 0.0706. The second-order valence-corrected chi connectivity index (χ2v) is 5.40. The fourth-order valence-corrected chi connectivity index (χ4v) is 2.80. The Bertz CT molecular complexity index is 339. The number of nitrogens with zero attached hydrogens (tertiary/aromatic N) is 2. The highest BCUT2D eigenvalue weighted by molar-refractivity contribution is 4.96. The first-order chi connectivity index (χ1) is 8.72. The summed E-state index contributed by atoms with van der Waals surface area (Å²) in [5.41, 5.74) is 0. The summed E-state index contributed by atoms with van der Waals surface area (Å²) in [7, 11) is 0. The van der Waals surface area contributed by atoms with E-state index in [-0.39, 0.29) is 0 Å². The summed E-state index contributed by atoms with van der Waals surface area (Å²) in [5, 5.41) is 7.44. The summed E-state index contributed by atoms with van der Waals surface area (Å²) in [5.74, 6) is 1.64. The number of hydrogen-bond donors (Lipinski definition) is 1. The van der Waals surface area contributed by atoms with Crippen molar-refractivity contribution in [3.05, 3.63) is 18.0 Å². The Hall–Kier alpha value is -0.870. The molecule has 0 spiro atoms. The quantitative estimate of drug-likeness (QED) is 0.871. The molecule has 1 aliphatic heterocycles. The molecule has 2 heterocycles. The first-order valence-corrected chi connectivity index (χ1v) is 7.09. The fourth-order valence-electron chi connectivity index (χ4n) is 2.80. The van der Waals surface area contributed by atoms with Gasteiger partial charge >= 0.3 is 0 Å². The van der Waals surface area contributed by atoms with Crippen molar-refractivity contribution in [2.75, 3.05) is 13.1 Å². The van der Waals surface area contributed by atoms with Crippen molar-refractivity contribution in [1.29, 1.82) is 0 Å². The maximum absolute atomic E-state index is 5.20. The van der Waals surface area contributed by atoms with Crippen LogP contribution in [0.3, 0.4) is 0 Å². The zero-order valence-electron chi connectivity index (χ0n) is 11.7. The van der Waals surface area contributed by atoms with Crippen molar-refractivity contribution in [3.8, 4) is 0 Å². The van der Waals surface area contributed by atoms with Gasteiger partial charge in [-0.1, -0.05) is 19.0 Å². The first-order valence-electron chi connectivity index (χ1n) is 7.09. The highest BCUT2D eigenvalue weighted by atomic mass is 16.5. The van der Waals surface area contributed by atoms with E-state index in [1.807, 2.05) is 6.07 Å². The predicted octanol–water partition coefficient (Wildman–Crippen LogP) is 2.27. The second-order valence-electron chi connectivity index (χ2n) is 5.40. The SMILES string of the molecule is CCCNC1CCN(Cc2ccno2)C(C)C1C. The summed E-state index contributed by atoms with van der Waals surface area (Å²) in [4.78, 5) is 2.50. The van der Waals surface area contributed by atoms with Gasteiger partial charge in [-0.2, -0.15) is 0 Å². The van der Waals surface area contributed by atoms with Crippen LogP contribution in [-0.2, 0) is 6.54 Å². The highest BCUT2D eigenvalue weighted by Crippen LogP contribution is 2.25. The van der Waals surface area contributed by atoms with Gasteiger partial charge in [0, 0.05) is 24.7 Å². The maximum atomic E-state index is 5.20. The van der Waals surface area contributed by atoms with E-state index in [9.17, 15) is 0 Å². The molecule has 4 heteroatoms. The predicted molar refractivity (Wildman–Crippen MR) is 72.2 cm³/mol. The lowest BCUT2D eigenvalue weighted by atomic mass is 9.87. The average molecular weight is 251 g/mol. The molecule has 1 aromatic rings. The van der Waals surface area contributed by atoms with Crippen LogP contribution in [0.4, 0.5) is 0 Å². The van der Waals surface area contributed by atoms with Gasteiger partial charge < -0.3 is 9.84 Å². The van der Waals surface area contributed by atoms with Gasteiger partial charge in [-0.05, 0) is 32.2 Å². The van der Waals surface area contributed by atoms with Crippen molar-refractivity contribution in [2.24, 2.45) is 5.92 Å². The van der Waals surface area contributed by atoms with Crippen LogP contribution in [0.25, 0.3) is 0 Å². The Morgan fingerprint density at radius 3 is 3.00 bits per heavy atom. The van der Waals surface area contributed by atoms with Crippen molar-refractivity contribution in [2.45, 2.75) is 52.2 Å². The van der Waals surface area contributed by atoms with Gasteiger partial charge in [0.1, 0.15) is 0 Å². The smallest absolute Gasteiger partial charge is 0.150 e. The van der Waals surface area contributed by atoms with E-state index >= 15 is 0 Å². The monoisotopic (exact) mass is 251 g/mol. The van der Waals surface area contributed by atoms with Crippen molar-refractivity contribution >= 4 is 0 Å². The molecule has 3 unspecified atom stereocenters. The van der Waals surface area contributed by atoms with E-state index in [2.05, 4.69) is 36.1 Å². The standard InChI is InChI=1S/C14H25N3O/c1-4-7-15-14-6-9-17(12(3)11(14)2)10-13-5-8-16-18-13/h5,8,11-12,14-15H,4,6-7,9-10H2,1-3H3. The summed E-state index contributed by atoms with van der Waals surface area (Å²) in [6.07, 6.45) is 4.15. The van der Waals surface area contributed by atoms with Crippen molar-refractivity contribution in [3.63, 3.8) is 0 Å². The number of hydrogen-bond acceptors (Lipinski definition) is 4. The van der Waals surface area contributed by atoms with Crippen LogP contribution in [0.5, 0.6) is 0 Å². The molecule has 1 N–H and O–H groups in total. The number of piperidine rings is 1. The van der Waals surface area contributed by atoms with Gasteiger partial charge in [0.15, 0.2) is 5.76 Å². The molecule has 1 aromatic heterocycles. The van der Waals surface area contributed by atoms with E-state index in [0.717, 1.165) is 25.4 Å². The molecular formula is C14H25N3O. The van der Waals surface area contributed by atoms with Crippen LogP contribution in [0.15, 0.2) is 16.8 Å². The number of likely N-dealkylation sites (tertiary alicyclic amines) is 1. The molecule has 3 atom stereocenters. The fraction of sp³-hybridized carbons (Fsp3) is 0.786. The minimum absolute atomic E-state index is 0.582. The molecule has 1 aliphatic rings. The lowest BCUT2D eigenvalue weighted by Crippen LogP contribution is -2.53.